The van der Waals surface area contributed by atoms with Gasteiger partial charge in [-0.1, -0.05) is 285 Å². The van der Waals surface area contributed by atoms with Crippen LogP contribution in [-0.2, 0) is 4.79 Å². The summed E-state index contributed by atoms with van der Waals surface area (Å²) in [6.07, 6.45) is 79.0. The molecule has 4 heteroatoms. The van der Waals surface area contributed by atoms with E-state index in [1.165, 1.54) is 186 Å². The number of rotatable bonds is 49. The number of aliphatic hydroxyl groups excluding tert-OH is 2. The van der Waals surface area contributed by atoms with Crippen LogP contribution in [0.5, 0.6) is 0 Å². The minimum Gasteiger partial charge on any atom is -0.394 e. The van der Waals surface area contributed by atoms with Crippen molar-refractivity contribution in [2.24, 2.45) is 0 Å². The molecule has 0 saturated carbocycles. The van der Waals surface area contributed by atoms with Gasteiger partial charge < -0.3 is 15.5 Å². The van der Waals surface area contributed by atoms with Gasteiger partial charge in [0.25, 0.3) is 0 Å². The average molecular weight is 876 g/mol. The maximum absolute atomic E-state index is 12.4. The zero-order valence-corrected chi connectivity index (χ0v) is 41.8. The van der Waals surface area contributed by atoms with Crippen molar-refractivity contribution in [2.75, 3.05) is 6.61 Å². The van der Waals surface area contributed by atoms with Crippen molar-refractivity contribution < 1.29 is 15.0 Å². The zero-order valence-electron chi connectivity index (χ0n) is 41.8. The molecule has 0 heterocycles. The van der Waals surface area contributed by atoms with E-state index in [9.17, 15) is 15.0 Å². The van der Waals surface area contributed by atoms with E-state index in [0.717, 1.165) is 51.4 Å². The summed E-state index contributed by atoms with van der Waals surface area (Å²) < 4.78 is 0. The van der Waals surface area contributed by atoms with Crippen LogP contribution in [0.3, 0.4) is 0 Å². The van der Waals surface area contributed by atoms with E-state index in [0.29, 0.717) is 12.8 Å². The zero-order chi connectivity index (χ0) is 45.6. The summed E-state index contributed by atoms with van der Waals surface area (Å²) >= 11 is 0. The summed E-state index contributed by atoms with van der Waals surface area (Å²) in [5.41, 5.74) is 0. The molecule has 0 aromatic carbocycles. The molecule has 0 aliphatic carbocycles. The number of unbranched alkanes of at least 4 members (excludes halogenated alkanes) is 30. The molecule has 0 bridgehead atoms. The fourth-order valence-electron chi connectivity index (χ4n) is 8.03. The van der Waals surface area contributed by atoms with E-state index in [1.807, 2.05) is 12.2 Å². The number of allylic oxidation sites excluding steroid dienone is 13. The van der Waals surface area contributed by atoms with Gasteiger partial charge in [0.05, 0.1) is 18.8 Å². The number of aliphatic hydroxyl groups is 2. The molecule has 0 aliphatic heterocycles. The van der Waals surface area contributed by atoms with Crippen molar-refractivity contribution >= 4 is 5.91 Å². The molecule has 0 rings (SSSR count). The van der Waals surface area contributed by atoms with E-state index in [2.05, 4.69) is 86.0 Å². The third-order valence-corrected chi connectivity index (χ3v) is 12.1. The van der Waals surface area contributed by atoms with E-state index in [4.69, 9.17) is 0 Å². The Balaban J connectivity index is 3.56. The highest BCUT2D eigenvalue weighted by molar-refractivity contribution is 5.76. The molecule has 4 nitrogen and oxygen atoms in total. The highest BCUT2D eigenvalue weighted by Gasteiger charge is 2.17. The largest absolute Gasteiger partial charge is 0.394 e. The molecule has 0 spiro atoms. The van der Waals surface area contributed by atoms with E-state index in [1.54, 1.807) is 6.08 Å². The van der Waals surface area contributed by atoms with Gasteiger partial charge >= 0.3 is 0 Å². The quantitative estimate of drug-likeness (QED) is 0.0421. The summed E-state index contributed by atoms with van der Waals surface area (Å²) in [6.45, 7) is 4.17. The Labute approximate surface area is 392 Å². The second kappa shape index (κ2) is 53.9. The molecule has 364 valence electrons. The lowest BCUT2D eigenvalue weighted by Crippen LogP contribution is -2.45. The molecule has 0 saturated heterocycles. The molecule has 63 heavy (non-hydrogen) atoms. The van der Waals surface area contributed by atoms with Crippen molar-refractivity contribution in [1.29, 1.82) is 0 Å². The number of carbonyl (C=O) groups excluding carboxylic acids is 1. The second-order valence-electron chi connectivity index (χ2n) is 18.3. The predicted octanol–water partition coefficient (Wildman–Crippen LogP) is 18.0. The van der Waals surface area contributed by atoms with Gasteiger partial charge in [-0.3, -0.25) is 4.79 Å². The van der Waals surface area contributed by atoms with E-state index >= 15 is 0 Å². The second-order valence-corrected chi connectivity index (χ2v) is 18.3. The third kappa shape index (κ3) is 50.4. The van der Waals surface area contributed by atoms with Gasteiger partial charge in [0.2, 0.25) is 5.91 Å². The molecule has 0 radical (unpaired) electrons. The number of amides is 1. The number of nitrogens with one attached hydrogen (secondary N) is 1. The van der Waals surface area contributed by atoms with Gasteiger partial charge in [-0.25, -0.2) is 0 Å². The highest BCUT2D eigenvalue weighted by atomic mass is 16.3. The lowest BCUT2D eigenvalue weighted by molar-refractivity contribution is -0.122. The smallest absolute Gasteiger partial charge is 0.220 e. The first kappa shape index (κ1) is 60.6. The summed E-state index contributed by atoms with van der Waals surface area (Å²) in [6, 6.07) is -0.669. The van der Waals surface area contributed by atoms with E-state index < -0.39 is 12.1 Å². The van der Waals surface area contributed by atoms with Gasteiger partial charge in [-0.15, -0.1) is 0 Å². The molecular formula is C59H105NO3. The fourth-order valence-corrected chi connectivity index (χ4v) is 8.03. The van der Waals surface area contributed by atoms with Crippen LogP contribution in [0.25, 0.3) is 0 Å². The van der Waals surface area contributed by atoms with Crippen LogP contribution >= 0.6 is 0 Å². The standard InChI is InChI=1S/C59H105NO3/c1-3-5-7-9-11-13-15-17-19-21-23-24-25-26-27-28-29-30-31-32-33-34-35-37-38-40-42-44-46-48-50-52-54-58(62)57(56-61)60-59(63)55-53-51-49-47-45-43-41-39-36-22-20-18-16-14-12-10-8-6-4-2/h6,8,12,14,18,20,36,39,43,45,49,51-52,54,57-58,61-62H,3-5,7,9-11,13,15-17,19,21-35,37-38,40-42,44,46-48,50,53,55-56H2,1-2H3,(H,60,63)/b8-6-,14-12-,20-18-,39-36-,45-43-,51-49-,54-52+. The molecule has 0 aromatic rings. The maximum atomic E-state index is 12.4. The Bertz CT molecular complexity index is 1130. The maximum Gasteiger partial charge on any atom is 0.220 e. The van der Waals surface area contributed by atoms with Crippen molar-refractivity contribution in [3.8, 4) is 0 Å². The van der Waals surface area contributed by atoms with Crippen LogP contribution in [0.2, 0.25) is 0 Å². The van der Waals surface area contributed by atoms with Crippen LogP contribution in [0.15, 0.2) is 85.1 Å². The van der Waals surface area contributed by atoms with Crippen LogP contribution in [-0.4, -0.2) is 34.9 Å². The number of hydrogen-bond acceptors (Lipinski definition) is 3. The minimum atomic E-state index is -0.877. The topological polar surface area (TPSA) is 69.6 Å². The lowest BCUT2D eigenvalue weighted by atomic mass is 10.0. The molecule has 2 atom stereocenters. The Morgan fingerprint density at radius 2 is 0.698 bits per heavy atom. The predicted molar refractivity (Wildman–Crippen MR) is 280 cm³/mol. The first-order valence-electron chi connectivity index (χ1n) is 27.3. The Morgan fingerprint density at radius 1 is 0.397 bits per heavy atom. The Kier molecular flexibility index (Phi) is 51.8. The summed E-state index contributed by atoms with van der Waals surface area (Å²) in [4.78, 5) is 12.4. The van der Waals surface area contributed by atoms with Crippen molar-refractivity contribution in [3.63, 3.8) is 0 Å². The average Bonchev–Trinajstić information content (AvgIpc) is 3.29. The van der Waals surface area contributed by atoms with Gasteiger partial charge in [-0.2, -0.15) is 0 Å². The molecular weight excluding hydrogens is 771 g/mol. The van der Waals surface area contributed by atoms with Crippen LogP contribution < -0.4 is 5.32 Å². The SMILES string of the molecule is CC/C=C\C/C=C\C/C=C\C/C=C\C/C=C\C/C=C\CCC(=O)NC(CO)C(O)/C=C/CCCCCCCCCCCCCCCCCCCCCCCCCCCCCCCC. The minimum absolute atomic E-state index is 0.146. The third-order valence-electron chi connectivity index (χ3n) is 12.1. The van der Waals surface area contributed by atoms with Gasteiger partial charge in [0.15, 0.2) is 0 Å². The van der Waals surface area contributed by atoms with Crippen LogP contribution in [0.1, 0.15) is 264 Å². The van der Waals surface area contributed by atoms with Gasteiger partial charge in [0.1, 0.15) is 0 Å². The van der Waals surface area contributed by atoms with Crippen molar-refractivity contribution in [3.05, 3.63) is 85.1 Å². The number of carbonyl (C=O) groups is 1. The molecule has 0 aliphatic rings. The molecule has 0 aromatic heterocycles. The molecule has 1 amide bonds. The van der Waals surface area contributed by atoms with E-state index in [-0.39, 0.29) is 12.5 Å². The highest BCUT2D eigenvalue weighted by Crippen LogP contribution is 2.17. The van der Waals surface area contributed by atoms with Gasteiger partial charge in [0, 0.05) is 6.42 Å². The summed E-state index contributed by atoms with van der Waals surface area (Å²) in [7, 11) is 0. The summed E-state index contributed by atoms with van der Waals surface area (Å²) in [5.74, 6) is -0.146. The molecule has 0 fully saturated rings. The van der Waals surface area contributed by atoms with Crippen LogP contribution in [0, 0.1) is 0 Å². The number of hydrogen-bond donors (Lipinski definition) is 3. The first-order chi connectivity index (χ1) is 31.2. The summed E-state index contributed by atoms with van der Waals surface area (Å²) in [5, 5.41) is 23.1. The first-order valence-corrected chi connectivity index (χ1v) is 27.3. The van der Waals surface area contributed by atoms with Crippen molar-refractivity contribution in [2.45, 2.75) is 276 Å². The lowest BCUT2D eigenvalue weighted by Gasteiger charge is -2.19. The molecule has 3 N–H and O–H groups in total. The monoisotopic (exact) mass is 876 g/mol. The normalized spacial score (nSPS) is 13.5. The van der Waals surface area contributed by atoms with Crippen molar-refractivity contribution in [1.82, 2.24) is 5.32 Å². The molecule has 2 unspecified atom stereocenters. The Morgan fingerprint density at radius 3 is 1.02 bits per heavy atom. The van der Waals surface area contributed by atoms with Gasteiger partial charge in [-0.05, 0) is 57.8 Å². The van der Waals surface area contributed by atoms with Crippen LogP contribution in [0.4, 0.5) is 0 Å². The fraction of sp³-hybridized carbons (Fsp3) is 0.746. The Hall–Kier alpha value is -2.43.